The van der Waals surface area contributed by atoms with Gasteiger partial charge < -0.3 is 19.2 Å². The van der Waals surface area contributed by atoms with Gasteiger partial charge in [0.2, 0.25) is 0 Å². The van der Waals surface area contributed by atoms with Crippen LogP contribution < -0.4 is 20.9 Å². The molecule has 1 heterocycles. The minimum atomic E-state index is -1.00. The fourth-order valence-corrected chi connectivity index (χ4v) is 2.15. The van der Waals surface area contributed by atoms with Crippen molar-refractivity contribution in [3.63, 3.8) is 0 Å². The third kappa shape index (κ3) is 5.86. The van der Waals surface area contributed by atoms with E-state index in [0.29, 0.717) is 23.7 Å². The number of furan rings is 1. The van der Waals surface area contributed by atoms with Crippen LogP contribution in [0.5, 0.6) is 5.75 Å². The summed E-state index contributed by atoms with van der Waals surface area (Å²) in [5.41, 5.74) is 5.22. The van der Waals surface area contributed by atoms with E-state index in [2.05, 4.69) is 16.2 Å². The Hall–Kier alpha value is -3.33. The number of carbonyl (C=O) groups is 3. The Labute approximate surface area is 156 Å². The average molecular weight is 375 g/mol. The Bertz CT molecular complexity index is 788. The molecule has 0 fully saturated rings. The zero-order valence-electron chi connectivity index (χ0n) is 15.0. The molecule has 0 unspecified atom stereocenters. The molecule has 0 aliphatic heterocycles. The van der Waals surface area contributed by atoms with Crippen molar-refractivity contribution >= 4 is 17.7 Å². The molecule has 0 aliphatic rings. The molecule has 2 rings (SSSR count). The van der Waals surface area contributed by atoms with E-state index in [4.69, 9.17) is 13.9 Å². The monoisotopic (exact) mass is 375 g/mol. The Kier molecular flexibility index (Phi) is 7.38. The van der Waals surface area contributed by atoms with E-state index in [0.717, 1.165) is 0 Å². The van der Waals surface area contributed by atoms with Crippen LogP contribution in [0.1, 0.15) is 28.6 Å². The number of hydrogen-bond donors (Lipinski definition) is 3. The molecule has 0 spiro atoms. The molecule has 2 aromatic rings. The maximum atomic E-state index is 12.2. The van der Waals surface area contributed by atoms with E-state index >= 15 is 0 Å². The van der Waals surface area contributed by atoms with Crippen molar-refractivity contribution in [2.75, 3.05) is 13.7 Å². The Balaban J connectivity index is 1.88. The highest BCUT2D eigenvalue weighted by atomic mass is 16.5. The zero-order chi connectivity index (χ0) is 19.6. The summed E-state index contributed by atoms with van der Waals surface area (Å²) in [5.74, 6) is -1.40. The highest BCUT2D eigenvalue weighted by Gasteiger charge is 2.16. The predicted octanol–water partition coefficient (Wildman–Crippen LogP) is 0.902. The van der Waals surface area contributed by atoms with Crippen molar-refractivity contribution in [2.24, 2.45) is 0 Å². The lowest BCUT2D eigenvalue weighted by Gasteiger charge is -2.11. The summed E-state index contributed by atoms with van der Waals surface area (Å²) in [6.45, 7) is 2.72. The van der Waals surface area contributed by atoms with Crippen LogP contribution in [0, 0.1) is 0 Å². The third-order valence-electron chi connectivity index (χ3n) is 3.50. The van der Waals surface area contributed by atoms with Crippen molar-refractivity contribution in [3.05, 3.63) is 53.5 Å². The Morgan fingerprint density at radius 2 is 1.93 bits per heavy atom. The average Bonchev–Trinajstić information content (AvgIpc) is 3.21. The topological polar surface area (TPSA) is 119 Å². The smallest absolute Gasteiger partial charge is 0.327 e. The molecule has 3 amide bonds. The normalized spacial score (nSPS) is 10.1. The quantitative estimate of drug-likeness (QED) is 0.489. The summed E-state index contributed by atoms with van der Waals surface area (Å²) in [7, 11) is 1.52. The minimum absolute atomic E-state index is 0.0620. The molecule has 9 heteroatoms. The van der Waals surface area contributed by atoms with E-state index in [1.54, 1.807) is 24.3 Å². The first-order valence-corrected chi connectivity index (χ1v) is 8.20. The largest absolute Gasteiger partial charge is 0.496 e. The lowest BCUT2D eigenvalue weighted by Crippen LogP contribution is -2.48. The van der Waals surface area contributed by atoms with Crippen LogP contribution in [-0.4, -0.2) is 31.4 Å². The van der Waals surface area contributed by atoms with Gasteiger partial charge in [0, 0.05) is 17.7 Å². The van der Waals surface area contributed by atoms with Crippen LogP contribution in [0.3, 0.4) is 0 Å². The standard InChI is InChI=1S/C18H21N3O6/c1-3-26-11-13-9-12(6-7-15(13)25-2)16(22)20-21-18(24)17(23)19-10-14-5-4-8-27-14/h4-9H,3,10-11H2,1-2H3,(H,19,23)(H,20,22)(H,21,24). The molecule has 27 heavy (non-hydrogen) atoms. The van der Waals surface area contributed by atoms with Crippen molar-refractivity contribution in [2.45, 2.75) is 20.1 Å². The highest BCUT2D eigenvalue weighted by molar-refractivity contribution is 6.35. The second kappa shape index (κ2) is 9.97. The number of amides is 3. The van der Waals surface area contributed by atoms with Gasteiger partial charge in [-0.25, -0.2) is 0 Å². The molecule has 0 atom stereocenters. The van der Waals surface area contributed by atoms with Crippen molar-refractivity contribution in [1.29, 1.82) is 0 Å². The van der Waals surface area contributed by atoms with Crippen LogP contribution in [-0.2, 0) is 27.5 Å². The van der Waals surface area contributed by atoms with Gasteiger partial charge in [-0.1, -0.05) is 0 Å². The summed E-state index contributed by atoms with van der Waals surface area (Å²) >= 11 is 0. The second-order valence-electron chi connectivity index (χ2n) is 5.33. The first-order valence-electron chi connectivity index (χ1n) is 8.20. The van der Waals surface area contributed by atoms with Gasteiger partial charge in [-0.2, -0.15) is 0 Å². The van der Waals surface area contributed by atoms with Crippen molar-refractivity contribution in [3.8, 4) is 5.75 Å². The van der Waals surface area contributed by atoms with E-state index in [1.807, 2.05) is 6.92 Å². The van der Waals surface area contributed by atoms with Crippen LogP contribution in [0.15, 0.2) is 41.0 Å². The summed E-state index contributed by atoms with van der Waals surface area (Å²) < 4.78 is 15.6. The van der Waals surface area contributed by atoms with Gasteiger partial charge in [-0.15, -0.1) is 0 Å². The fraction of sp³-hybridized carbons (Fsp3) is 0.278. The number of benzene rings is 1. The first kappa shape index (κ1) is 20.0. The zero-order valence-corrected chi connectivity index (χ0v) is 15.0. The van der Waals surface area contributed by atoms with Gasteiger partial charge in [-0.3, -0.25) is 25.2 Å². The lowest BCUT2D eigenvalue weighted by atomic mass is 10.1. The third-order valence-corrected chi connectivity index (χ3v) is 3.50. The van der Waals surface area contributed by atoms with Crippen LogP contribution >= 0.6 is 0 Å². The molecule has 1 aromatic carbocycles. The van der Waals surface area contributed by atoms with Crippen molar-refractivity contribution in [1.82, 2.24) is 16.2 Å². The number of carbonyl (C=O) groups excluding carboxylic acids is 3. The van der Waals surface area contributed by atoms with E-state index in [1.165, 1.54) is 19.4 Å². The Morgan fingerprint density at radius 1 is 1.11 bits per heavy atom. The van der Waals surface area contributed by atoms with Gasteiger partial charge in [0.05, 0.1) is 26.5 Å². The van der Waals surface area contributed by atoms with Gasteiger partial charge in [0.1, 0.15) is 11.5 Å². The predicted molar refractivity (Wildman–Crippen MR) is 94.5 cm³/mol. The number of hydrogen-bond acceptors (Lipinski definition) is 6. The first-order chi connectivity index (χ1) is 13.0. The second-order valence-corrected chi connectivity index (χ2v) is 5.33. The molecule has 144 valence electrons. The summed E-state index contributed by atoms with van der Waals surface area (Å²) in [5, 5.41) is 2.37. The van der Waals surface area contributed by atoms with E-state index < -0.39 is 17.7 Å². The molecule has 3 N–H and O–H groups in total. The van der Waals surface area contributed by atoms with Crippen LogP contribution in [0.25, 0.3) is 0 Å². The molecule has 0 radical (unpaired) electrons. The van der Waals surface area contributed by atoms with Gasteiger partial charge >= 0.3 is 11.8 Å². The maximum absolute atomic E-state index is 12.2. The molecule has 0 bridgehead atoms. The number of ether oxygens (including phenoxy) is 2. The van der Waals surface area contributed by atoms with E-state index in [9.17, 15) is 14.4 Å². The molecule has 0 aliphatic carbocycles. The number of nitrogens with one attached hydrogen (secondary N) is 3. The summed E-state index contributed by atoms with van der Waals surface area (Å²) in [4.78, 5) is 35.6. The lowest BCUT2D eigenvalue weighted by molar-refractivity contribution is -0.139. The highest BCUT2D eigenvalue weighted by Crippen LogP contribution is 2.20. The molecular weight excluding hydrogens is 354 g/mol. The summed E-state index contributed by atoms with van der Waals surface area (Å²) in [6, 6.07) is 8.07. The van der Waals surface area contributed by atoms with Gasteiger partial charge in [0.15, 0.2) is 0 Å². The molecule has 1 aromatic heterocycles. The SMILES string of the molecule is CCOCc1cc(C(=O)NNC(=O)C(=O)NCc2ccco2)ccc1OC. The minimum Gasteiger partial charge on any atom is -0.496 e. The number of methoxy groups -OCH3 is 1. The maximum Gasteiger partial charge on any atom is 0.327 e. The number of rotatable bonds is 7. The molecule has 0 saturated carbocycles. The van der Waals surface area contributed by atoms with Crippen LogP contribution in [0.4, 0.5) is 0 Å². The van der Waals surface area contributed by atoms with Crippen molar-refractivity contribution < 1.29 is 28.3 Å². The van der Waals surface area contributed by atoms with Gasteiger partial charge in [0.25, 0.3) is 5.91 Å². The molecule has 0 saturated heterocycles. The fourth-order valence-electron chi connectivity index (χ4n) is 2.15. The van der Waals surface area contributed by atoms with Crippen LogP contribution in [0.2, 0.25) is 0 Å². The summed E-state index contributed by atoms with van der Waals surface area (Å²) in [6.07, 6.45) is 1.45. The van der Waals surface area contributed by atoms with E-state index in [-0.39, 0.29) is 18.7 Å². The van der Waals surface area contributed by atoms with Gasteiger partial charge in [-0.05, 0) is 37.3 Å². The Morgan fingerprint density at radius 3 is 2.59 bits per heavy atom. The molecular formula is C18H21N3O6. The number of hydrazine groups is 1. The molecule has 9 nitrogen and oxygen atoms in total.